The molecule has 0 aliphatic carbocycles. The van der Waals surface area contributed by atoms with E-state index in [2.05, 4.69) is 5.32 Å². The maximum Gasteiger partial charge on any atom is 0.0623 e. The van der Waals surface area contributed by atoms with Crippen LogP contribution in [0.3, 0.4) is 0 Å². The summed E-state index contributed by atoms with van der Waals surface area (Å²) in [7, 11) is 0. The van der Waals surface area contributed by atoms with Crippen molar-refractivity contribution in [1.29, 1.82) is 0 Å². The number of hydrogen-bond acceptors (Lipinski definition) is 2. The molecule has 3 rings (SSSR count). The van der Waals surface area contributed by atoms with Gasteiger partial charge in [0.05, 0.1) is 12.2 Å². The lowest BCUT2D eigenvalue weighted by atomic mass is 9.80. The second kappa shape index (κ2) is 2.20. The van der Waals surface area contributed by atoms with Crippen molar-refractivity contribution in [3.63, 3.8) is 0 Å². The molecule has 0 radical (unpaired) electrons. The Kier molecular flexibility index (Phi) is 1.29. The summed E-state index contributed by atoms with van der Waals surface area (Å²) in [6, 6.07) is 0.810. The van der Waals surface area contributed by atoms with Gasteiger partial charge < -0.3 is 10.1 Å². The lowest BCUT2D eigenvalue weighted by molar-refractivity contribution is 0.0790. The maximum absolute atomic E-state index is 5.80. The van der Waals surface area contributed by atoms with Gasteiger partial charge in [-0.2, -0.15) is 0 Å². The SMILES string of the molecule is C1CC(C2CC3CCC2O3)N1. The zero-order chi connectivity index (χ0) is 7.26. The molecule has 0 aromatic rings. The van der Waals surface area contributed by atoms with Crippen LogP contribution in [0.5, 0.6) is 0 Å². The summed E-state index contributed by atoms with van der Waals surface area (Å²) in [5.74, 6) is 0.863. The van der Waals surface area contributed by atoms with Crippen LogP contribution in [0.2, 0.25) is 0 Å². The molecule has 3 aliphatic heterocycles. The normalized spacial score (nSPS) is 54.5. The van der Waals surface area contributed by atoms with Gasteiger partial charge in [-0.05, 0) is 32.2 Å². The van der Waals surface area contributed by atoms with Gasteiger partial charge in [-0.3, -0.25) is 0 Å². The lowest BCUT2D eigenvalue weighted by Gasteiger charge is -2.36. The molecule has 1 N–H and O–H groups in total. The first-order chi connectivity index (χ1) is 5.43. The van der Waals surface area contributed by atoms with Crippen molar-refractivity contribution in [3.8, 4) is 0 Å². The molecular weight excluding hydrogens is 138 g/mol. The van der Waals surface area contributed by atoms with E-state index < -0.39 is 0 Å². The van der Waals surface area contributed by atoms with E-state index in [1.54, 1.807) is 0 Å². The van der Waals surface area contributed by atoms with Crippen LogP contribution in [-0.2, 0) is 4.74 Å². The fourth-order valence-corrected chi connectivity index (χ4v) is 2.78. The molecule has 0 saturated carbocycles. The minimum Gasteiger partial charge on any atom is -0.375 e. The molecule has 3 heterocycles. The Morgan fingerprint density at radius 1 is 1.18 bits per heavy atom. The molecule has 3 fully saturated rings. The molecule has 2 bridgehead atoms. The van der Waals surface area contributed by atoms with Crippen molar-refractivity contribution < 1.29 is 4.74 Å². The zero-order valence-electron chi connectivity index (χ0n) is 6.75. The second-order valence-corrected chi connectivity index (χ2v) is 4.12. The zero-order valence-corrected chi connectivity index (χ0v) is 6.75. The Morgan fingerprint density at radius 2 is 2.09 bits per heavy atom. The van der Waals surface area contributed by atoms with Crippen LogP contribution >= 0.6 is 0 Å². The summed E-state index contributed by atoms with van der Waals surface area (Å²) in [5.41, 5.74) is 0. The summed E-state index contributed by atoms with van der Waals surface area (Å²) in [5, 5.41) is 3.49. The van der Waals surface area contributed by atoms with E-state index in [9.17, 15) is 0 Å². The third kappa shape index (κ3) is 0.859. The first-order valence-corrected chi connectivity index (χ1v) is 4.82. The largest absolute Gasteiger partial charge is 0.375 e. The number of ether oxygens (including phenoxy) is 1. The molecular formula is C9H15NO. The molecule has 3 aliphatic rings. The molecule has 2 nitrogen and oxygen atoms in total. The highest BCUT2D eigenvalue weighted by atomic mass is 16.5. The van der Waals surface area contributed by atoms with Gasteiger partial charge >= 0.3 is 0 Å². The third-order valence-electron chi connectivity index (χ3n) is 3.53. The van der Waals surface area contributed by atoms with E-state index in [0.717, 1.165) is 12.0 Å². The standard InChI is InChI=1S/C9H15NO/c1-2-9-7(5-6(1)11-9)8-3-4-10-8/h6-10H,1-5H2. The van der Waals surface area contributed by atoms with Gasteiger partial charge in [-0.25, -0.2) is 0 Å². The van der Waals surface area contributed by atoms with Gasteiger partial charge in [-0.1, -0.05) is 0 Å². The second-order valence-electron chi connectivity index (χ2n) is 4.12. The molecule has 2 heteroatoms. The predicted molar refractivity (Wildman–Crippen MR) is 42.4 cm³/mol. The van der Waals surface area contributed by atoms with Crippen LogP contribution in [0, 0.1) is 5.92 Å². The molecule has 3 saturated heterocycles. The van der Waals surface area contributed by atoms with Crippen molar-refractivity contribution >= 4 is 0 Å². The van der Waals surface area contributed by atoms with Gasteiger partial charge in [0.25, 0.3) is 0 Å². The highest BCUT2D eigenvalue weighted by molar-refractivity contribution is 4.98. The summed E-state index contributed by atoms with van der Waals surface area (Å²) in [6.45, 7) is 1.23. The topological polar surface area (TPSA) is 21.3 Å². The van der Waals surface area contributed by atoms with Crippen molar-refractivity contribution in [2.45, 2.75) is 43.9 Å². The summed E-state index contributed by atoms with van der Waals surface area (Å²) >= 11 is 0. The fourth-order valence-electron chi connectivity index (χ4n) is 2.78. The minimum absolute atomic E-state index is 0.623. The van der Waals surface area contributed by atoms with Crippen LogP contribution in [0.1, 0.15) is 25.7 Å². The molecule has 4 atom stereocenters. The lowest BCUT2D eigenvalue weighted by Crippen LogP contribution is -2.50. The number of nitrogens with one attached hydrogen (secondary N) is 1. The van der Waals surface area contributed by atoms with E-state index in [1.807, 2.05) is 0 Å². The fraction of sp³-hybridized carbons (Fsp3) is 1.00. The summed E-state index contributed by atoms with van der Waals surface area (Å²) in [6.07, 6.45) is 6.63. The first kappa shape index (κ1) is 6.44. The molecule has 0 aromatic carbocycles. The average molecular weight is 153 g/mol. The van der Waals surface area contributed by atoms with Crippen molar-refractivity contribution in [3.05, 3.63) is 0 Å². The van der Waals surface area contributed by atoms with Gasteiger partial charge in [0.2, 0.25) is 0 Å². The number of rotatable bonds is 1. The Hall–Kier alpha value is -0.0800. The van der Waals surface area contributed by atoms with E-state index in [4.69, 9.17) is 4.74 Å². The van der Waals surface area contributed by atoms with Crippen LogP contribution in [0.25, 0.3) is 0 Å². The summed E-state index contributed by atoms with van der Waals surface area (Å²) < 4.78 is 5.80. The van der Waals surface area contributed by atoms with Gasteiger partial charge in [0.15, 0.2) is 0 Å². The van der Waals surface area contributed by atoms with Crippen molar-refractivity contribution in [2.24, 2.45) is 5.92 Å². The van der Waals surface area contributed by atoms with E-state index in [1.165, 1.54) is 32.2 Å². The average Bonchev–Trinajstić information content (AvgIpc) is 2.42. The first-order valence-electron chi connectivity index (χ1n) is 4.82. The van der Waals surface area contributed by atoms with E-state index >= 15 is 0 Å². The van der Waals surface area contributed by atoms with Crippen LogP contribution < -0.4 is 5.32 Å². The number of hydrogen-bond donors (Lipinski definition) is 1. The van der Waals surface area contributed by atoms with Crippen molar-refractivity contribution in [1.82, 2.24) is 5.32 Å². The highest BCUT2D eigenvalue weighted by Gasteiger charge is 2.45. The quantitative estimate of drug-likeness (QED) is 0.604. The van der Waals surface area contributed by atoms with Gasteiger partial charge in [-0.15, -0.1) is 0 Å². The highest BCUT2D eigenvalue weighted by Crippen LogP contribution is 2.41. The molecule has 0 amide bonds. The van der Waals surface area contributed by atoms with Gasteiger partial charge in [0, 0.05) is 12.0 Å². The Balaban J connectivity index is 1.70. The van der Waals surface area contributed by atoms with E-state index in [-0.39, 0.29) is 0 Å². The number of fused-ring (bicyclic) bond motifs is 2. The van der Waals surface area contributed by atoms with Crippen LogP contribution in [0.4, 0.5) is 0 Å². The van der Waals surface area contributed by atoms with Crippen LogP contribution in [0.15, 0.2) is 0 Å². The minimum atomic E-state index is 0.623. The summed E-state index contributed by atoms with van der Waals surface area (Å²) in [4.78, 5) is 0. The van der Waals surface area contributed by atoms with Gasteiger partial charge in [0.1, 0.15) is 0 Å². The molecule has 0 aromatic heterocycles. The molecule has 62 valence electrons. The third-order valence-corrected chi connectivity index (χ3v) is 3.53. The van der Waals surface area contributed by atoms with Crippen molar-refractivity contribution in [2.75, 3.05) is 6.54 Å². The monoisotopic (exact) mass is 153 g/mol. The Bertz CT molecular complexity index is 167. The Labute approximate surface area is 67.3 Å². The predicted octanol–water partition coefficient (Wildman–Crippen LogP) is 0.916. The molecule has 0 spiro atoms. The molecule has 11 heavy (non-hydrogen) atoms. The maximum atomic E-state index is 5.80. The molecule has 4 unspecified atom stereocenters. The Morgan fingerprint density at radius 3 is 2.55 bits per heavy atom. The smallest absolute Gasteiger partial charge is 0.0623 e. The van der Waals surface area contributed by atoms with E-state index in [0.29, 0.717) is 12.2 Å². The van der Waals surface area contributed by atoms with Crippen LogP contribution in [-0.4, -0.2) is 24.8 Å².